The van der Waals surface area contributed by atoms with Crippen molar-refractivity contribution in [3.8, 4) is 0 Å². The van der Waals surface area contributed by atoms with Crippen LogP contribution in [-0.4, -0.2) is 48.9 Å². The Morgan fingerprint density at radius 2 is 1.94 bits per heavy atom. The molecule has 0 aliphatic carbocycles. The van der Waals surface area contributed by atoms with Gasteiger partial charge in [-0.25, -0.2) is 18.2 Å². The van der Waals surface area contributed by atoms with Crippen molar-refractivity contribution in [2.45, 2.75) is 18.9 Å². The van der Waals surface area contributed by atoms with Crippen LogP contribution >= 0.6 is 0 Å². The van der Waals surface area contributed by atoms with E-state index in [2.05, 4.69) is 10.3 Å². The number of rotatable bonds is 8. The summed E-state index contributed by atoms with van der Waals surface area (Å²) in [5.74, 6) is -4.12. The number of hydrogen-bond donors (Lipinski definition) is 2. The van der Waals surface area contributed by atoms with Crippen molar-refractivity contribution >= 4 is 17.4 Å². The predicted molar refractivity (Wildman–Crippen MR) is 122 cm³/mol. The fourth-order valence-corrected chi connectivity index (χ4v) is 4.09. The average molecular weight is 471 g/mol. The molecule has 6 nitrogen and oxygen atoms in total. The lowest BCUT2D eigenvalue weighted by Gasteiger charge is -2.25. The topological polar surface area (TPSA) is 74.7 Å². The highest BCUT2D eigenvalue weighted by Crippen LogP contribution is 2.28. The fourth-order valence-electron chi connectivity index (χ4n) is 4.09. The van der Waals surface area contributed by atoms with Crippen LogP contribution in [0.1, 0.15) is 27.0 Å². The highest BCUT2D eigenvalue weighted by atomic mass is 19.2. The van der Waals surface area contributed by atoms with E-state index in [1.807, 2.05) is 6.07 Å². The van der Waals surface area contributed by atoms with Crippen molar-refractivity contribution in [1.29, 1.82) is 0 Å². The molecule has 178 valence electrons. The minimum absolute atomic E-state index is 0.0199. The quantitative estimate of drug-likeness (QED) is 0.490. The molecule has 1 atom stereocenters. The van der Waals surface area contributed by atoms with Crippen LogP contribution < -0.4 is 10.2 Å². The van der Waals surface area contributed by atoms with Gasteiger partial charge in [0.25, 0.3) is 5.91 Å². The third kappa shape index (κ3) is 5.05. The van der Waals surface area contributed by atoms with E-state index in [0.717, 1.165) is 29.9 Å². The fraction of sp³-hybridized carbons (Fsp3) is 0.280. The summed E-state index contributed by atoms with van der Waals surface area (Å²) < 4.78 is 45.6. The molecule has 4 rings (SSSR count). The van der Waals surface area contributed by atoms with E-state index in [9.17, 15) is 23.1 Å². The number of nitrogens with zero attached hydrogens (tertiary/aromatic N) is 2. The Hall–Kier alpha value is -3.43. The summed E-state index contributed by atoms with van der Waals surface area (Å²) >= 11 is 0. The molecule has 2 heterocycles. The molecule has 3 aromatic rings. The summed E-state index contributed by atoms with van der Waals surface area (Å²) in [6.45, 7) is 0.677. The molecule has 0 saturated carbocycles. The molecule has 1 amide bonds. The van der Waals surface area contributed by atoms with Gasteiger partial charge < -0.3 is 15.2 Å². The van der Waals surface area contributed by atoms with E-state index < -0.39 is 23.6 Å². The van der Waals surface area contributed by atoms with E-state index >= 15 is 0 Å². The molecule has 9 heteroatoms. The van der Waals surface area contributed by atoms with Gasteiger partial charge in [0, 0.05) is 31.1 Å². The van der Waals surface area contributed by atoms with Crippen molar-refractivity contribution in [1.82, 2.24) is 4.98 Å². The summed E-state index contributed by atoms with van der Waals surface area (Å²) in [6.07, 6.45) is 1.30. The number of aliphatic hydroxyl groups is 1. The SMILES string of the molecule is COC[C@@H](O)CN(C(=O)c1cccc2c1CCN2)c1cc(Cc2cc(F)c(F)c(F)c2)ccn1. The van der Waals surface area contributed by atoms with E-state index in [1.165, 1.54) is 18.2 Å². The minimum Gasteiger partial charge on any atom is -0.389 e. The van der Waals surface area contributed by atoms with Crippen LogP contribution in [0, 0.1) is 17.5 Å². The molecule has 0 saturated heterocycles. The van der Waals surface area contributed by atoms with Gasteiger partial charge >= 0.3 is 0 Å². The third-order valence-corrected chi connectivity index (χ3v) is 5.63. The normalized spacial score (nSPS) is 13.3. The molecule has 1 aliphatic rings. The second-order valence-electron chi connectivity index (χ2n) is 8.11. The second kappa shape index (κ2) is 10.2. The van der Waals surface area contributed by atoms with Gasteiger partial charge in [-0.3, -0.25) is 9.69 Å². The largest absolute Gasteiger partial charge is 0.389 e. The zero-order chi connectivity index (χ0) is 24.2. The van der Waals surface area contributed by atoms with Crippen LogP contribution in [0.3, 0.4) is 0 Å². The molecular formula is C25H24F3N3O3. The van der Waals surface area contributed by atoms with Crippen molar-refractivity contribution in [3.63, 3.8) is 0 Å². The average Bonchev–Trinajstić information content (AvgIpc) is 3.30. The van der Waals surface area contributed by atoms with Gasteiger partial charge in [0.2, 0.25) is 0 Å². The summed E-state index contributed by atoms with van der Waals surface area (Å²) in [7, 11) is 1.45. The van der Waals surface area contributed by atoms with Crippen molar-refractivity contribution in [3.05, 3.63) is 88.4 Å². The van der Waals surface area contributed by atoms with Crippen LogP contribution in [-0.2, 0) is 17.6 Å². The van der Waals surface area contributed by atoms with E-state index in [-0.39, 0.29) is 36.9 Å². The highest BCUT2D eigenvalue weighted by molar-refractivity contribution is 6.07. The van der Waals surface area contributed by atoms with Gasteiger partial charge in [-0.2, -0.15) is 0 Å². The number of amides is 1. The Kier molecular flexibility index (Phi) is 7.14. The first kappa shape index (κ1) is 23.7. The molecule has 2 N–H and O–H groups in total. The third-order valence-electron chi connectivity index (χ3n) is 5.63. The van der Waals surface area contributed by atoms with Gasteiger partial charge in [-0.1, -0.05) is 6.07 Å². The van der Waals surface area contributed by atoms with Gasteiger partial charge in [-0.15, -0.1) is 0 Å². The van der Waals surface area contributed by atoms with Crippen LogP contribution in [0.4, 0.5) is 24.7 Å². The van der Waals surface area contributed by atoms with Crippen LogP contribution in [0.5, 0.6) is 0 Å². The zero-order valence-corrected chi connectivity index (χ0v) is 18.5. The second-order valence-corrected chi connectivity index (χ2v) is 8.11. The highest BCUT2D eigenvalue weighted by Gasteiger charge is 2.26. The Labute approximate surface area is 195 Å². The minimum atomic E-state index is -1.52. The number of ether oxygens (including phenoxy) is 1. The Bertz CT molecular complexity index is 1180. The predicted octanol–water partition coefficient (Wildman–Crippen LogP) is 3.71. The molecule has 0 unspecified atom stereocenters. The summed E-state index contributed by atoms with van der Waals surface area (Å²) in [5, 5.41) is 13.6. The van der Waals surface area contributed by atoms with Gasteiger partial charge in [0.15, 0.2) is 17.5 Å². The van der Waals surface area contributed by atoms with Crippen LogP contribution in [0.25, 0.3) is 0 Å². The number of aliphatic hydroxyl groups excluding tert-OH is 1. The Balaban J connectivity index is 1.67. The number of anilines is 2. The number of aromatic nitrogens is 1. The van der Waals surface area contributed by atoms with Gasteiger partial charge in [-0.05, 0) is 65.9 Å². The number of carbonyl (C=O) groups excluding carboxylic acids is 1. The molecule has 0 bridgehead atoms. The number of hydrogen-bond acceptors (Lipinski definition) is 5. The van der Waals surface area contributed by atoms with Gasteiger partial charge in [0.1, 0.15) is 5.82 Å². The van der Waals surface area contributed by atoms with Crippen molar-refractivity contribution in [2.24, 2.45) is 0 Å². The molecule has 1 aromatic heterocycles. The van der Waals surface area contributed by atoms with Crippen LogP contribution in [0.2, 0.25) is 0 Å². The first-order valence-electron chi connectivity index (χ1n) is 10.8. The number of nitrogens with one attached hydrogen (secondary N) is 1. The molecule has 0 fully saturated rings. The number of pyridine rings is 1. The maximum atomic E-state index is 13.6. The standard InChI is InChI=1S/C25H24F3N3O3/c1-34-14-17(32)13-31(25(33)19-3-2-4-22-18(19)6-8-29-22)23-12-15(5-7-30-23)9-16-10-20(26)24(28)21(27)11-16/h2-5,7,10-12,17,29,32H,6,8-9,13-14H2,1H3/t17-/m0/s1. The molecular weight excluding hydrogens is 447 g/mol. The van der Waals surface area contributed by atoms with E-state index in [1.54, 1.807) is 24.3 Å². The number of halogens is 3. The van der Waals surface area contributed by atoms with E-state index in [0.29, 0.717) is 17.5 Å². The molecule has 0 spiro atoms. The molecule has 1 aliphatic heterocycles. The first-order chi connectivity index (χ1) is 16.4. The lowest BCUT2D eigenvalue weighted by Crippen LogP contribution is -2.40. The lowest BCUT2D eigenvalue weighted by molar-refractivity contribution is 0.0658. The summed E-state index contributed by atoms with van der Waals surface area (Å²) in [6, 6.07) is 10.5. The Morgan fingerprint density at radius 3 is 2.68 bits per heavy atom. The first-order valence-corrected chi connectivity index (χ1v) is 10.8. The molecule has 2 aromatic carbocycles. The van der Waals surface area contributed by atoms with Crippen molar-refractivity contribution in [2.75, 3.05) is 37.0 Å². The Morgan fingerprint density at radius 1 is 1.18 bits per heavy atom. The summed E-state index contributed by atoms with van der Waals surface area (Å²) in [4.78, 5) is 19.3. The van der Waals surface area contributed by atoms with Crippen molar-refractivity contribution < 1.29 is 27.8 Å². The van der Waals surface area contributed by atoms with Crippen LogP contribution in [0.15, 0.2) is 48.7 Å². The molecule has 34 heavy (non-hydrogen) atoms. The lowest BCUT2D eigenvalue weighted by atomic mass is 10.0. The molecule has 0 radical (unpaired) electrons. The zero-order valence-electron chi connectivity index (χ0n) is 18.5. The summed E-state index contributed by atoms with van der Waals surface area (Å²) in [5.41, 5.74) is 3.13. The maximum Gasteiger partial charge on any atom is 0.259 e. The number of methoxy groups -OCH3 is 1. The van der Waals surface area contributed by atoms with E-state index in [4.69, 9.17) is 4.74 Å². The van der Waals surface area contributed by atoms with Gasteiger partial charge in [0.05, 0.1) is 19.3 Å². The number of benzene rings is 2. The number of fused-ring (bicyclic) bond motifs is 1. The maximum absolute atomic E-state index is 13.6. The monoisotopic (exact) mass is 471 g/mol. The smallest absolute Gasteiger partial charge is 0.259 e. The number of carbonyl (C=O) groups is 1.